The molecule has 3 rings (SSSR count). The molecular formula is C22H30N4O3S. The molecule has 0 aromatic heterocycles. The number of amides is 2. The summed E-state index contributed by atoms with van der Waals surface area (Å²) in [6.07, 6.45) is 1.80. The van der Waals surface area contributed by atoms with Gasteiger partial charge >= 0.3 is 6.03 Å². The van der Waals surface area contributed by atoms with E-state index < -0.39 is 10.0 Å². The van der Waals surface area contributed by atoms with Crippen molar-refractivity contribution in [2.24, 2.45) is 0 Å². The van der Waals surface area contributed by atoms with E-state index in [-0.39, 0.29) is 6.03 Å². The maximum Gasteiger partial charge on any atom is 0.319 e. The summed E-state index contributed by atoms with van der Waals surface area (Å²) in [5, 5.41) is 5.84. The number of fused-ring (bicyclic) bond motifs is 1. The largest absolute Gasteiger partial charge is 0.334 e. The van der Waals surface area contributed by atoms with Crippen molar-refractivity contribution >= 4 is 21.7 Å². The van der Waals surface area contributed by atoms with Crippen molar-refractivity contribution in [3.63, 3.8) is 0 Å². The van der Waals surface area contributed by atoms with E-state index in [1.807, 2.05) is 30.3 Å². The smallest absolute Gasteiger partial charge is 0.319 e. The predicted octanol–water partition coefficient (Wildman–Crippen LogP) is 2.78. The van der Waals surface area contributed by atoms with Gasteiger partial charge in [0.2, 0.25) is 10.0 Å². The number of rotatable bonds is 7. The lowest BCUT2D eigenvalue weighted by molar-refractivity contribution is 0.251. The zero-order valence-corrected chi connectivity index (χ0v) is 18.6. The molecule has 2 N–H and O–H groups in total. The molecule has 2 aromatic rings. The molecule has 7 nitrogen and oxygen atoms in total. The minimum absolute atomic E-state index is 0.273. The zero-order valence-electron chi connectivity index (χ0n) is 17.8. The lowest BCUT2D eigenvalue weighted by Gasteiger charge is -2.28. The third kappa shape index (κ3) is 5.81. The Hall–Kier alpha value is -2.42. The van der Waals surface area contributed by atoms with Crippen LogP contribution < -0.4 is 10.6 Å². The number of benzene rings is 2. The Kier molecular flexibility index (Phi) is 7.12. The summed E-state index contributed by atoms with van der Waals surface area (Å²) in [5.41, 5.74) is 4.92. The van der Waals surface area contributed by atoms with E-state index in [2.05, 4.69) is 41.6 Å². The molecule has 0 radical (unpaired) electrons. The Bertz CT molecular complexity index is 1010. The van der Waals surface area contributed by atoms with Gasteiger partial charge in [-0.1, -0.05) is 43.3 Å². The summed E-state index contributed by atoms with van der Waals surface area (Å²) in [5.74, 6) is 0. The van der Waals surface area contributed by atoms with Gasteiger partial charge in [0.15, 0.2) is 0 Å². The highest BCUT2D eigenvalue weighted by Crippen LogP contribution is 2.27. The molecule has 1 aliphatic rings. The van der Waals surface area contributed by atoms with Gasteiger partial charge in [-0.15, -0.1) is 0 Å². The number of sulfonamides is 1. The molecule has 0 saturated carbocycles. The van der Waals surface area contributed by atoms with Gasteiger partial charge in [0.05, 0.1) is 6.26 Å². The second-order valence-electron chi connectivity index (χ2n) is 7.75. The van der Waals surface area contributed by atoms with Crippen LogP contribution in [0.15, 0.2) is 42.5 Å². The third-order valence-electron chi connectivity index (χ3n) is 5.38. The Balaban J connectivity index is 1.61. The number of anilines is 1. The van der Waals surface area contributed by atoms with Crippen LogP contribution >= 0.6 is 0 Å². The predicted molar refractivity (Wildman–Crippen MR) is 120 cm³/mol. The molecule has 2 aromatic carbocycles. The first kappa shape index (κ1) is 22.3. The fourth-order valence-electron chi connectivity index (χ4n) is 3.59. The highest BCUT2D eigenvalue weighted by Gasteiger charge is 2.24. The molecule has 0 atom stereocenters. The van der Waals surface area contributed by atoms with Crippen LogP contribution in [0, 0.1) is 0 Å². The summed E-state index contributed by atoms with van der Waals surface area (Å²) < 4.78 is 25.1. The summed E-state index contributed by atoms with van der Waals surface area (Å²) in [6, 6.07) is 13.5. The standard InChI is InChI=1S/C22H30N4O3S/c1-4-25(2)15-18-8-5-7-17(13-18)14-23-22(27)24-21-10-6-9-19-16-26(30(3,28)29)12-11-20(19)21/h5-10,13H,4,11-12,14-16H2,1-3H3,(H2,23,24,27). The fourth-order valence-corrected chi connectivity index (χ4v) is 4.39. The second kappa shape index (κ2) is 9.59. The Morgan fingerprint density at radius 3 is 2.63 bits per heavy atom. The van der Waals surface area contributed by atoms with E-state index in [0.29, 0.717) is 26.1 Å². The molecule has 2 amide bonds. The number of nitrogens with zero attached hydrogens (tertiary/aromatic N) is 2. The number of hydrogen-bond acceptors (Lipinski definition) is 4. The molecule has 162 valence electrons. The minimum atomic E-state index is -3.23. The van der Waals surface area contributed by atoms with Crippen LogP contribution in [0.4, 0.5) is 10.5 Å². The van der Waals surface area contributed by atoms with Gasteiger partial charge in [-0.2, -0.15) is 4.31 Å². The number of carbonyl (C=O) groups is 1. The van der Waals surface area contributed by atoms with Gasteiger partial charge in [0.1, 0.15) is 0 Å². The van der Waals surface area contributed by atoms with Gasteiger partial charge in [-0.3, -0.25) is 0 Å². The van der Waals surface area contributed by atoms with Crippen LogP contribution in [0.1, 0.15) is 29.2 Å². The van der Waals surface area contributed by atoms with Crippen LogP contribution in [0.2, 0.25) is 0 Å². The van der Waals surface area contributed by atoms with E-state index in [1.165, 1.54) is 16.1 Å². The van der Waals surface area contributed by atoms with Crippen LogP contribution in [0.25, 0.3) is 0 Å². The lowest BCUT2D eigenvalue weighted by atomic mass is 9.99. The monoisotopic (exact) mass is 430 g/mol. The topological polar surface area (TPSA) is 81.8 Å². The molecule has 1 aliphatic heterocycles. The molecule has 1 heterocycles. The molecule has 0 saturated heterocycles. The first-order valence-corrected chi connectivity index (χ1v) is 12.0. The Morgan fingerprint density at radius 2 is 1.90 bits per heavy atom. The Morgan fingerprint density at radius 1 is 1.17 bits per heavy atom. The molecule has 30 heavy (non-hydrogen) atoms. The fraction of sp³-hybridized carbons (Fsp3) is 0.409. The zero-order chi connectivity index (χ0) is 21.7. The summed E-state index contributed by atoms with van der Waals surface area (Å²) >= 11 is 0. The van der Waals surface area contributed by atoms with E-state index in [9.17, 15) is 13.2 Å². The molecule has 0 bridgehead atoms. The van der Waals surface area contributed by atoms with E-state index >= 15 is 0 Å². The molecule has 8 heteroatoms. The average Bonchev–Trinajstić information content (AvgIpc) is 2.71. The van der Waals surface area contributed by atoms with Crippen molar-refractivity contribution in [3.8, 4) is 0 Å². The molecule has 0 spiro atoms. The van der Waals surface area contributed by atoms with Crippen LogP contribution in [0.3, 0.4) is 0 Å². The van der Waals surface area contributed by atoms with Crippen molar-refractivity contribution in [1.29, 1.82) is 0 Å². The number of carbonyl (C=O) groups excluding carboxylic acids is 1. The van der Waals surface area contributed by atoms with Crippen molar-refractivity contribution in [2.75, 3.05) is 31.7 Å². The first-order chi connectivity index (χ1) is 14.3. The van der Waals surface area contributed by atoms with Crippen LogP contribution in [-0.2, 0) is 36.1 Å². The highest BCUT2D eigenvalue weighted by molar-refractivity contribution is 7.88. The van der Waals surface area contributed by atoms with Crippen LogP contribution in [-0.4, -0.2) is 50.0 Å². The van der Waals surface area contributed by atoms with Crippen molar-refractivity contribution in [3.05, 3.63) is 64.7 Å². The molecule has 0 fully saturated rings. The van der Waals surface area contributed by atoms with Gasteiger partial charge in [-0.05, 0) is 48.3 Å². The van der Waals surface area contributed by atoms with E-state index in [4.69, 9.17) is 0 Å². The van der Waals surface area contributed by atoms with Crippen LogP contribution in [0.5, 0.6) is 0 Å². The van der Waals surface area contributed by atoms with Gasteiger partial charge in [0.25, 0.3) is 0 Å². The quantitative estimate of drug-likeness (QED) is 0.708. The molecule has 0 aliphatic carbocycles. The van der Waals surface area contributed by atoms with E-state index in [0.717, 1.165) is 35.5 Å². The first-order valence-electron chi connectivity index (χ1n) is 10.1. The second-order valence-corrected chi connectivity index (χ2v) is 9.73. The van der Waals surface area contributed by atoms with E-state index in [1.54, 1.807) is 0 Å². The highest BCUT2D eigenvalue weighted by atomic mass is 32.2. The number of hydrogen-bond donors (Lipinski definition) is 2. The summed E-state index contributed by atoms with van der Waals surface area (Å²) in [4.78, 5) is 14.7. The number of urea groups is 1. The van der Waals surface area contributed by atoms with Crippen molar-refractivity contribution in [2.45, 2.75) is 33.0 Å². The summed E-state index contributed by atoms with van der Waals surface area (Å²) in [7, 11) is -1.15. The molecule has 0 unspecified atom stereocenters. The third-order valence-corrected chi connectivity index (χ3v) is 6.63. The SMILES string of the molecule is CCN(C)Cc1cccc(CNC(=O)Nc2cccc3c2CCN(S(C)(=O)=O)C3)c1. The number of nitrogens with one attached hydrogen (secondary N) is 2. The average molecular weight is 431 g/mol. The lowest BCUT2D eigenvalue weighted by Crippen LogP contribution is -2.36. The maximum absolute atomic E-state index is 12.5. The van der Waals surface area contributed by atoms with Crippen molar-refractivity contribution in [1.82, 2.24) is 14.5 Å². The van der Waals surface area contributed by atoms with Gasteiger partial charge in [0, 0.05) is 31.9 Å². The Labute approximate surface area is 179 Å². The van der Waals surface area contributed by atoms with Crippen molar-refractivity contribution < 1.29 is 13.2 Å². The minimum Gasteiger partial charge on any atom is -0.334 e. The normalized spacial score (nSPS) is 14.4. The maximum atomic E-state index is 12.5. The summed E-state index contributed by atoms with van der Waals surface area (Å²) in [6.45, 7) is 5.17. The van der Waals surface area contributed by atoms with Gasteiger partial charge < -0.3 is 15.5 Å². The van der Waals surface area contributed by atoms with Gasteiger partial charge in [-0.25, -0.2) is 13.2 Å². The molecular weight excluding hydrogens is 400 g/mol.